The second kappa shape index (κ2) is 30.9. The Labute approximate surface area is 240 Å². The largest absolute Gasteiger partial charge is 0.300 e. The molecule has 1 atom stereocenters. The lowest BCUT2D eigenvalue weighted by molar-refractivity contribution is -0.120. The monoisotopic (exact) mass is 535 g/mol. The Morgan fingerprint density at radius 2 is 0.737 bits per heavy atom. The first kappa shape index (κ1) is 37.3. The first-order valence-electron chi connectivity index (χ1n) is 17.6. The Balaban J connectivity index is 3.94. The minimum absolute atomic E-state index is 0.321. The lowest BCUT2D eigenvalue weighted by Gasteiger charge is -2.16. The van der Waals surface area contributed by atoms with Crippen molar-refractivity contribution in [3.05, 3.63) is 0 Å². The van der Waals surface area contributed by atoms with E-state index in [9.17, 15) is 9.59 Å². The van der Waals surface area contributed by atoms with Gasteiger partial charge in [-0.25, -0.2) is 0 Å². The summed E-state index contributed by atoms with van der Waals surface area (Å²) in [5.41, 5.74) is 0. The van der Waals surface area contributed by atoms with E-state index in [0.717, 1.165) is 32.1 Å². The van der Waals surface area contributed by atoms with Crippen LogP contribution in [0.15, 0.2) is 0 Å². The molecule has 38 heavy (non-hydrogen) atoms. The minimum atomic E-state index is 0.321. The maximum atomic E-state index is 12.8. The molecule has 0 amide bonds. The van der Waals surface area contributed by atoms with Crippen LogP contribution in [0.5, 0.6) is 0 Å². The van der Waals surface area contributed by atoms with Crippen molar-refractivity contribution >= 4 is 11.6 Å². The average Bonchev–Trinajstić information content (AvgIpc) is 2.89. The van der Waals surface area contributed by atoms with Crippen LogP contribution in [-0.2, 0) is 9.59 Å². The molecule has 0 saturated carbocycles. The zero-order valence-corrected chi connectivity index (χ0v) is 26.6. The highest BCUT2D eigenvalue weighted by molar-refractivity contribution is 5.78. The molecule has 0 heterocycles. The van der Waals surface area contributed by atoms with Crippen LogP contribution in [-0.4, -0.2) is 11.6 Å². The highest BCUT2D eigenvalue weighted by atomic mass is 16.1. The third-order valence-corrected chi connectivity index (χ3v) is 8.43. The van der Waals surface area contributed by atoms with Gasteiger partial charge in [-0.05, 0) is 25.7 Å². The zero-order chi connectivity index (χ0) is 27.9. The standard InChI is InChI=1S/C36H70O2/c1-4-6-8-10-12-13-14-15-16-17-19-24-28-32-36(38)33-35(30-26-22-18-11-9-7-5-2)31-27-23-20-21-25-29-34(3)37/h35H,4-33H2,1-3H3. The topological polar surface area (TPSA) is 34.1 Å². The van der Waals surface area contributed by atoms with Crippen molar-refractivity contribution in [2.24, 2.45) is 5.92 Å². The van der Waals surface area contributed by atoms with Crippen LogP contribution in [0.1, 0.15) is 213 Å². The molecule has 0 aromatic heterocycles. The van der Waals surface area contributed by atoms with Crippen LogP contribution in [0.3, 0.4) is 0 Å². The summed E-state index contributed by atoms with van der Waals surface area (Å²) < 4.78 is 0. The van der Waals surface area contributed by atoms with Gasteiger partial charge in [0.05, 0.1) is 0 Å². The van der Waals surface area contributed by atoms with Gasteiger partial charge in [0.2, 0.25) is 0 Å². The molecular weight excluding hydrogens is 464 g/mol. The molecule has 1 unspecified atom stereocenters. The molecule has 226 valence electrons. The molecule has 0 spiro atoms. The van der Waals surface area contributed by atoms with Crippen molar-refractivity contribution in [2.45, 2.75) is 213 Å². The van der Waals surface area contributed by atoms with Crippen LogP contribution in [0, 0.1) is 5.92 Å². The predicted octanol–water partition coefficient (Wildman–Crippen LogP) is 12.5. The Morgan fingerprint density at radius 3 is 1.11 bits per heavy atom. The molecule has 2 heteroatoms. The molecule has 0 aromatic rings. The molecule has 0 fully saturated rings. The van der Waals surface area contributed by atoms with Gasteiger partial charge in [-0.3, -0.25) is 4.79 Å². The lowest BCUT2D eigenvalue weighted by Crippen LogP contribution is -2.09. The molecule has 0 aromatic carbocycles. The van der Waals surface area contributed by atoms with Crippen molar-refractivity contribution < 1.29 is 9.59 Å². The summed E-state index contributed by atoms with van der Waals surface area (Å²) in [6.07, 6.45) is 38.1. The third kappa shape index (κ3) is 29.9. The fourth-order valence-electron chi connectivity index (χ4n) is 5.84. The number of carbonyl (C=O) groups is 2. The van der Waals surface area contributed by atoms with Crippen LogP contribution in [0.2, 0.25) is 0 Å². The van der Waals surface area contributed by atoms with Gasteiger partial charge < -0.3 is 4.79 Å². The van der Waals surface area contributed by atoms with Gasteiger partial charge in [0.1, 0.15) is 11.6 Å². The summed E-state index contributed by atoms with van der Waals surface area (Å²) >= 11 is 0. The van der Waals surface area contributed by atoms with Gasteiger partial charge in [-0.2, -0.15) is 0 Å². The summed E-state index contributed by atoms with van der Waals surface area (Å²) in [5.74, 6) is 1.46. The second-order valence-electron chi connectivity index (χ2n) is 12.5. The molecule has 0 aliphatic heterocycles. The molecule has 0 bridgehead atoms. The quantitative estimate of drug-likeness (QED) is 0.0804. The van der Waals surface area contributed by atoms with Crippen molar-refractivity contribution in [1.29, 1.82) is 0 Å². The van der Waals surface area contributed by atoms with Crippen molar-refractivity contribution in [2.75, 3.05) is 0 Å². The molecule has 0 saturated heterocycles. The SMILES string of the molecule is CCCCCCCCCCCCCCCC(=O)CC(CCCCCCCCC)CCCCCCCC(C)=O. The summed E-state index contributed by atoms with van der Waals surface area (Å²) in [5, 5.41) is 0. The predicted molar refractivity (Wildman–Crippen MR) is 169 cm³/mol. The maximum absolute atomic E-state index is 12.8. The molecule has 0 N–H and O–H groups in total. The van der Waals surface area contributed by atoms with Gasteiger partial charge in [0.25, 0.3) is 0 Å². The first-order valence-corrected chi connectivity index (χ1v) is 17.6. The number of hydrogen-bond donors (Lipinski definition) is 0. The van der Waals surface area contributed by atoms with Crippen LogP contribution >= 0.6 is 0 Å². The highest BCUT2D eigenvalue weighted by Gasteiger charge is 2.14. The van der Waals surface area contributed by atoms with Crippen LogP contribution in [0.4, 0.5) is 0 Å². The maximum Gasteiger partial charge on any atom is 0.133 e. The number of unbranched alkanes of at least 4 members (excludes halogenated alkanes) is 22. The number of hydrogen-bond acceptors (Lipinski definition) is 2. The van der Waals surface area contributed by atoms with Gasteiger partial charge in [0, 0.05) is 19.3 Å². The van der Waals surface area contributed by atoms with E-state index < -0.39 is 0 Å². The van der Waals surface area contributed by atoms with Crippen LogP contribution in [0.25, 0.3) is 0 Å². The Hall–Kier alpha value is -0.660. The Kier molecular flexibility index (Phi) is 30.3. The molecule has 2 nitrogen and oxygen atoms in total. The van der Waals surface area contributed by atoms with E-state index in [-0.39, 0.29) is 0 Å². The second-order valence-corrected chi connectivity index (χ2v) is 12.5. The first-order chi connectivity index (χ1) is 18.6. The smallest absolute Gasteiger partial charge is 0.133 e. The zero-order valence-electron chi connectivity index (χ0n) is 26.6. The summed E-state index contributed by atoms with van der Waals surface area (Å²) in [4.78, 5) is 23.9. The van der Waals surface area contributed by atoms with E-state index >= 15 is 0 Å². The molecule has 0 radical (unpaired) electrons. The van der Waals surface area contributed by atoms with Crippen molar-refractivity contribution in [1.82, 2.24) is 0 Å². The normalized spacial score (nSPS) is 12.2. The number of ketones is 2. The Bertz CT molecular complexity index is 498. The molecule has 0 aliphatic rings. The fraction of sp³-hybridized carbons (Fsp3) is 0.944. The molecule has 0 rings (SSSR count). The summed E-state index contributed by atoms with van der Waals surface area (Å²) in [7, 11) is 0. The van der Waals surface area contributed by atoms with E-state index in [1.807, 2.05) is 0 Å². The van der Waals surface area contributed by atoms with Crippen molar-refractivity contribution in [3.63, 3.8) is 0 Å². The number of carbonyl (C=O) groups excluding carboxylic acids is 2. The number of Topliss-reactive ketones (excluding diaryl/α,β-unsaturated/α-hetero) is 2. The molecular formula is C36H70O2. The lowest BCUT2D eigenvalue weighted by atomic mass is 9.89. The Morgan fingerprint density at radius 1 is 0.421 bits per heavy atom. The summed E-state index contributed by atoms with van der Waals surface area (Å²) in [6.45, 7) is 6.27. The highest BCUT2D eigenvalue weighted by Crippen LogP contribution is 2.24. The van der Waals surface area contributed by atoms with E-state index in [1.54, 1.807) is 6.92 Å². The third-order valence-electron chi connectivity index (χ3n) is 8.43. The molecule has 0 aliphatic carbocycles. The van der Waals surface area contributed by atoms with E-state index in [2.05, 4.69) is 13.8 Å². The van der Waals surface area contributed by atoms with E-state index in [1.165, 1.54) is 161 Å². The number of rotatable bonds is 32. The van der Waals surface area contributed by atoms with Crippen molar-refractivity contribution in [3.8, 4) is 0 Å². The van der Waals surface area contributed by atoms with Gasteiger partial charge in [-0.1, -0.05) is 174 Å². The summed E-state index contributed by atoms with van der Waals surface area (Å²) in [6, 6.07) is 0. The van der Waals surface area contributed by atoms with E-state index in [4.69, 9.17) is 0 Å². The van der Waals surface area contributed by atoms with Gasteiger partial charge >= 0.3 is 0 Å². The van der Waals surface area contributed by atoms with Gasteiger partial charge in [-0.15, -0.1) is 0 Å². The van der Waals surface area contributed by atoms with Gasteiger partial charge in [0.15, 0.2) is 0 Å². The minimum Gasteiger partial charge on any atom is -0.300 e. The van der Waals surface area contributed by atoms with E-state index in [0.29, 0.717) is 17.5 Å². The fourth-order valence-corrected chi connectivity index (χ4v) is 5.84. The average molecular weight is 535 g/mol. The van der Waals surface area contributed by atoms with Crippen LogP contribution < -0.4 is 0 Å².